The lowest BCUT2D eigenvalue weighted by Crippen LogP contribution is -2.49. The first-order valence-electron chi connectivity index (χ1n) is 21.3. The standard InChI is InChI=1S/C51H38ClN5O6S/c1-25-33-22-28(52)15-21-40(33)64-45(25)37-24-41(55(3)54-37)57-48(60)35-23-34-31(44(51(35,2)50(57)62)43-30-9-5-4-8-26(30)14-20-38(43)58)18-19-32-42(34)49(61)56(47(32)59)29-16-12-27(13-17-29)46-53-36-10-6-7-11-39(36)63-46/h4-18,20-22,24,32,34-35,42,44,58H,19,23H2,1-3H3/t32-,34+,35-,42-,44+,51+/m0/s1. The van der Waals surface area contributed by atoms with Crippen molar-refractivity contribution in [2.24, 2.45) is 36.1 Å². The van der Waals surface area contributed by atoms with Gasteiger partial charge in [-0.15, -0.1) is 11.3 Å². The molecule has 0 spiro atoms. The summed E-state index contributed by atoms with van der Waals surface area (Å²) in [6.45, 7) is 3.84. The van der Waals surface area contributed by atoms with Crippen LogP contribution in [0.3, 0.4) is 0 Å². The summed E-state index contributed by atoms with van der Waals surface area (Å²) < 4.78 is 8.59. The van der Waals surface area contributed by atoms with Gasteiger partial charge in [0.1, 0.15) is 22.8 Å². The number of phenols is 1. The lowest BCUT2D eigenvalue weighted by Gasteiger charge is -2.49. The molecule has 11 nitrogen and oxygen atoms in total. The number of aryl methyl sites for hydroxylation is 2. The fourth-order valence-electron chi connectivity index (χ4n) is 11.3. The molecule has 3 aromatic heterocycles. The summed E-state index contributed by atoms with van der Waals surface area (Å²) in [6, 6.07) is 33.2. The van der Waals surface area contributed by atoms with E-state index in [1.54, 1.807) is 59.5 Å². The third kappa shape index (κ3) is 5.32. The normalized spacial score (nSPS) is 24.2. The minimum Gasteiger partial charge on any atom is -0.508 e. The number of carbonyl (C=O) groups excluding carboxylic acids is 4. The van der Waals surface area contributed by atoms with Crippen molar-refractivity contribution in [1.29, 1.82) is 0 Å². The number of nitrogens with zero attached hydrogens (tertiary/aromatic N) is 5. The number of rotatable bonds is 5. The smallest absolute Gasteiger partial charge is 0.242 e. The average Bonchev–Trinajstić information content (AvgIpc) is 4.08. The first kappa shape index (κ1) is 38.8. The second-order valence-corrected chi connectivity index (χ2v) is 19.1. The number of amides is 4. The summed E-state index contributed by atoms with van der Waals surface area (Å²) >= 11 is 7.93. The van der Waals surface area contributed by atoms with E-state index >= 15 is 9.59 Å². The molecule has 2 saturated heterocycles. The molecule has 2 aliphatic carbocycles. The van der Waals surface area contributed by atoms with Gasteiger partial charge in [0.05, 0.1) is 33.7 Å². The van der Waals surface area contributed by atoms with E-state index in [0.29, 0.717) is 44.8 Å². The van der Waals surface area contributed by atoms with E-state index in [1.807, 2.05) is 92.7 Å². The summed E-state index contributed by atoms with van der Waals surface area (Å²) in [5.74, 6) is -4.49. The lowest BCUT2D eigenvalue weighted by molar-refractivity contribution is -0.131. The Bertz CT molecular complexity index is 3370. The van der Waals surface area contributed by atoms with Crippen molar-refractivity contribution in [3.8, 4) is 27.8 Å². The number of fused-ring (bicyclic) bond motifs is 7. The molecule has 0 bridgehead atoms. The van der Waals surface area contributed by atoms with E-state index < -0.39 is 46.8 Å². The number of para-hydroxylation sites is 2. The number of thiophene rings is 1. The van der Waals surface area contributed by atoms with Crippen molar-refractivity contribution in [3.05, 3.63) is 137 Å². The molecule has 316 valence electrons. The van der Waals surface area contributed by atoms with Crippen molar-refractivity contribution in [2.45, 2.75) is 32.6 Å². The van der Waals surface area contributed by atoms with Crippen molar-refractivity contribution in [2.75, 3.05) is 9.80 Å². The molecule has 3 fully saturated rings. The number of phenolic OH excluding ortho intramolecular Hbond substituents is 1. The molecular formula is C51H38ClN5O6S. The van der Waals surface area contributed by atoms with Gasteiger partial charge in [-0.25, -0.2) is 9.88 Å². The molecular weight excluding hydrogens is 846 g/mol. The van der Waals surface area contributed by atoms with Crippen LogP contribution < -0.4 is 9.80 Å². The van der Waals surface area contributed by atoms with E-state index in [9.17, 15) is 14.7 Å². The highest BCUT2D eigenvalue weighted by molar-refractivity contribution is 7.22. The Hall–Kier alpha value is -6.89. The topological polar surface area (TPSA) is 139 Å². The molecule has 1 saturated carbocycles. The van der Waals surface area contributed by atoms with Gasteiger partial charge in [-0.3, -0.25) is 28.8 Å². The second kappa shape index (κ2) is 13.8. The number of carbonyl (C=O) groups is 4. The molecule has 8 aromatic rings. The SMILES string of the molecule is Cc1c(-c2cc(N3C(=O)[C@@H]4C[C@@H]5C(=CC[C@@H]6C(=O)N(c7ccc(-c8nc9ccccc9o8)cc7)C(=O)[C@@H]65)[C@H](c5c(O)ccc6ccccc56)[C@]4(C)C3=O)n(C)n2)sc2ccc(Cl)cc12. The predicted octanol–water partition coefficient (Wildman–Crippen LogP) is 10.4. The number of hydrogen-bond donors (Lipinski definition) is 1. The number of aromatic hydroxyl groups is 1. The highest BCUT2D eigenvalue weighted by atomic mass is 35.5. The fraction of sp³-hybridized carbons (Fsp3) is 0.216. The molecule has 5 heterocycles. The number of oxazole rings is 1. The van der Waals surface area contributed by atoms with Crippen LogP contribution in [0, 0.1) is 36.0 Å². The number of hydrogen-bond acceptors (Lipinski definition) is 9. The summed E-state index contributed by atoms with van der Waals surface area (Å²) in [6.07, 6.45) is 2.43. The Morgan fingerprint density at radius 3 is 2.44 bits per heavy atom. The minimum atomic E-state index is -1.38. The van der Waals surface area contributed by atoms with Crippen LogP contribution in [0.15, 0.2) is 125 Å². The molecule has 4 aliphatic rings. The van der Waals surface area contributed by atoms with Crippen LogP contribution in [0.1, 0.15) is 36.8 Å². The molecule has 5 aromatic carbocycles. The van der Waals surface area contributed by atoms with Crippen LogP contribution in [0.2, 0.25) is 5.02 Å². The van der Waals surface area contributed by atoms with E-state index in [-0.39, 0.29) is 30.4 Å². The zero-order valence-corrected chi connectivity index (χ0v) is 36.4. The summed E-state index contributed by atoms with van der Waals surface area (Å²) in [5.41, 5.74) is 4.04. The van der Waals surface area contributed by atoms with E-state index in [2.05, 4.69) is 4.98 Å². The number of anilines is 2. The molecule has 1 N–H and O–H groups in total. The number of allylic oxidation sites excluding steroid dienone is 2. The van der Waals surface area contributed by atoms with Gasteiger partial charge in [0, 0.05) is 39.9 Å². The van der Waals surface area contributed by atoms with Gasteiger partial charge in [0.15, 0.2) is 5.58 Å². The van der Waals surface area contributed by atoms with Gasteiger partial charge < -0.3 is 9.52 Å². The second-order valence-electron chi connectivity index (χ2n) is 17.6. The molecule has 12 rings (SSSR count). The Kier molecular flexibility index (Phi) is 8.36. The number of benzene rings is 5. The highest BCUT2D eigenvalue weighted by Crippen LogP contribution is 2.65. The zero-order chi connectivity index (χ0) is 43.9. The maximum Gasteiger partial charge on any atom is 0.242 e. The van der Waals surface area contributed by atoms with Gasteiger partial charge in [-0.05, 0) is 115 Å². The van der Waals surface area contributed by atoms with Crippen LogP contribution >= 0.6 is 22.9 Å². The first-order valence-corrected chi connectivity index (χ1v) is 22.5. The molecule has 4 amide bonds. The maximum absolute atomic E-state index is 15.5. The van der Waals surface area contributed by atoms with Gasteiger partial charge in [0.2, 0.25) is 29.5 Å². The Morgan fingerprint density at radius 1 is 0.844 bits per heavy atom. The third-order valence-corrected chi connectivity index (χ3v) is 15.9. The van der Waals surface area contributed by atoms with Crippen LogP contribution in [0.5, 0.6) is 5.75 Å². The summed E-state index contributed by atoms with van der Waals surface area (Å²) in [4.78, 5) is 68.1. The Morgan fingerprint density at radius 2 is 1.62 bits per heavy atom. The van der Waals surface area contributed by atoms with Gasteiger partial charge in [-0.1, -0.05) is 65.7 Å². The third-order valence-electron chi connectivity index (χ3n) is 14.4. The van der Waals surface area contributed by atoms with Gasteiger partial charge >= 0.3 is 0 Å². The number of aromatic nitrogens is 3. The Labute approximate surface area is 375 Å². The van der Waals surface area contributed by atoms with Crippen LogP contribution in [0.25, 0.3) is 54.0 Å². The molecule has 0 unspecified atom stereocenters. The van der Waals surface area contributed by atoms with Crippen molar-refractivity contribution in [1.82, 2.24) is 14.8 Å². The molecule has 6 atom stereocenters. The summed E-state index contributed by atoms with van der Waals surface area (Å²) in [5, 5.41) is 20.0. The van der Waals surface area contributed by atoms with E-state index in [4.69, 9.17) is 21.1 Å². The van der Waals surface area contributed by atoms with Crippen LogP contribution in [0.4, 0.5) is 11.5 Å². The molecule has 2 aliphatic heterocycles. The fourth-order valence-corrected chi connectivity index (χ4v) is 12.7. The van der Waals surface area contributed by atoms with Crippen molar-refractivity contribution in [3.63, 3.8) is 0 Å². The first-order chi connectivity index (χ1) is 30.9. The molecule has 64 heavy (non-hydrogen) atoms. The zero-order valence-electron chi connectivity index (χ0n) is 34.8. The molecule has 13 heteroatoms. The highest BCUT2D eigenvalue weighted by Gasteiger charge is 2.68. The van der Waals surface area contributed by atoms with Crippen LogP contribution in [-0.4, -0.2) is 43.5 Å². The lowest BCUT2D eigenvalue weighted by atomic mass is 9.51. The quantitative estimate of drug-likeness (QED) is 0.133. The average molecular weight is 884 g/mol. The predicted molar refractivity (Wildman–Crippen MR) is 246 cm³/mol. The number of imide groups is 2. The Balaban J connectivity index is 0.951. The minimum absolute atomic E-state index is 0.0105. The van der Waals surface area contributed by atoms with Crippen molar-refractivity contribution < 1.29 is 28.7 Å². The largest absolute Gasteiger partial charge is 0.508 e. The van der Waals surface area contributed by atoms with E-state index in [0.717, 1.165) is 42.4 Å². The van der Waals surface area contributed by atoms with Crippen LogP contribution in [-0.2, 0) is 26.2 Å². The van der Waals surface area contributed by atoms with Gasteiger partial charge in [-0.2, -0.15) is 5.10 Å². The van der Waals surface area contributed by atoms with Crippen molar-refractivity contribution >= 4 is 90.0 Å². The molecule has 0 radical (unpaired) electrons. The number of halogens is 1. The maximum atomic E-state index is 15.5. The van der Waals surface area contributed by atoms with E-state index in [1.165, 1.54) is 9.80 Å². The van der Waals surface area contributed by atoms with Gasteiger partial charge in [0.25, 0.3) is 0 Å². The monoisotopic (exact) mass is 883 g/mol. The summed E-state index contributed by atoms with van der Waals surface area (Å²) in [7, 11) is 1.72.